The third-order valence-corrected chi connectivity index (χ3v) is 4.52. The van der Waals surface area contributed by atoms with Crippen molar-refractivity contribution < 1.29 is 14.1 Å². The first kappa shape index (κ1) is 13.9. The van der Waals surface area contributed by atoms with Gasteiger partial charge in [0.25, 0.3) is 5.69 Å². The maximum atomic E-state index is 13.2. The zero-order chi connectivity index (χ0) is 15.0. The van der Waals surface area contributed by atoms with Crippen LogP contribution in [0.25, 0.3) is 0 Å². The molecule has 1 aliphatic heterocycles. The largest absolute Gasteiger partial charge is 0.320 e. The van der Waals surface area contributed by atoms with Crippen LogP contribution in [0.2, 0.25) is 0 Å². The quantitative estimate of drug-likeness (QED) is 0.660. The van der Waals surface area contributed by atoms with Crippen molar-refractivity contribution in [3.63, 3.8) is 0 Å². The minimum absolute atomic E-state index is 0.0391. The van der Waals surface area contributed by atoms with Gasteiger partial charge in [-0.1, -0.05) is 0 Å². The minimum atomic E-state index is -0.623. The van der Waals surface area contributed by atoms with E-state index < -0.39 is 10.7 Å². The van der Waals surface area contributed by atoms with Crippen LogP contribution >= 0.6 is 0 Å². The van der Waals surface area contributed by atoms with Crippen LogP contribution in [-0.4, -0.2) is 23.9 Å². The summed E-state index contributed by atoms with van der Waals surface area (Å²) >= 11 is 0. The molecule has 1 saturated carbocycles. The molecule has 1 saturated heterocycles. The number of anilines is 1. The molecule has 6 nitrogen and oxygen atoms in total. The highest BCUT2D eigenvalue weighted by Crippen LogP contribution is 2.58. The summed E-state index contributed by atoms with van der Waals surface area (Å²) in [7, 11) is 0. The first-order valence-electron chi connectivity index (χ1n) is 6.97. The van der Waals surface area contributed by atoms with Crippen LogP contribution in [0.15, 0.2) is 18.2 Å². The Hall–Kier alpha value is -2.02. The van der Waals surface area contributed by atoms with Crippen molar-refractivity contribution in [3.05, 3.63) is 34.1 Å². The van der Waals surface area contributed by atoms with E-state index in [1.807, 2.05) is 0 Å². The molecule has 0 bridgehead atoms. The number of carbonyl (C=O) groups excluding carboxylic acids is 1. The van der Waals surface area contributed by atoms with Crippen molar-refractivity contribution in [1.82, 2.24) is 5.32 Å². The van der Waals surface area contributed by atoms with E-state index in [-0.39, 0.29) is 28.6 Å². The van der Waals surface area contributed by atoms with Gasteiger partial charge in [-0.2, -0.15) is 0 Å². The third kappa shape index (κ3) is 2.61. The summed E-state index contributed by atoms with van der Waals surface area (Å²) in [5, 5.41) is 16.7. The lowest BCUT2D eigenvalue weighted by Gasteiger charge is -2.23. The van der Waals surface area contributed by atoms with Crippen LogP contribution in [0, 0.1) is 27.3 Å². The smallest absolute Gasteiger partial charge is 0.292 e. The van der Waals surface area contributed by atoms with E-state index in [0.717, 1.165) is 50.6 Å². The summed E-state index contributed by atoms with van der Waals surface area (Å²) < 4.78 is 13.2. The van der Waals surface area contributed by atoms with Crippen LogP contribution in [-0.2, 0) is 4.79 Å². The summed E-state index contributed by atoms with van der Waals surface area (Å²) in [6.45, 7) is 1.79. The van der Waals surface area contributed by atoms with Crippen LogP contribution in [0.5, 0.6) is 0 Å². The number of halogens is 1. The molecule has 1 aromatic carbocycles. The number of amides is 1. The van der Waals surface area contributed by atoms with E-state index in [1.54, 1.807) is 0 Å². The van der Waals surface area contributed by atoms with E-state index in [0.29, 0.717) is 0 Å². The normalized spacial score (nSPS) is 22.8. The molecule has 1 aliphatic carbocycles. The molecule has 112 valence electrons. The molecule has 21 heavy (non-hydrogen) atoms. The predicted molar refractivity (Wildman–Crippen MR) is 74.3 cm³/mol. The van der Waals surface area contributed by atoms with Gasteiger partial charge in [-0.05, 0) is 43.8 Å². The number of nitrogens with zero attached hydrogens (tertiary/aromatic N) is 1. The average Bonchev–Trinajstić information content (AvgIpc) is 3.13. The number of nitrogens with one attached hydrogen (secondary N) is 2. The molecule has 1 unspecified atom stereocenters. The number of benzene rings is 1. The number of nitro groups is 1. The Bertz CT molecular complexity index is 599. The highest BCUT2D eigenvalue weighted by Gasteiger charge is 2.57. The molecule has 2 N–H and O–H groups in total. The fourth-order valence-corrected chi connectivity index (χ4v) is 3.18. The van der Waals surface area contributed by atoms with Gasteiger partial charge in [-0.15, -0.1) is 0 Å². The number of hydrogen-bond acceptors (Lipinski definition) is 4. The molecule has 7 heteroatoms. The highest BCUT2D eigenvalue weighted by atomic mass is 19.1. The van der Waals surface area contributed by atoms with E-state index in [9.17, 15) is 19.3 Å². The molecule has 1 atom stereocenters. The second-order valence-corrected chi connectivity index (χ2v) is 5.78. The van der Waals surface area contributed by atoms with E-state index in [4.69, 9.17) is 0 Å². The number of carbonyl (C=O) groups is 1. The Morgan fingerprint density at radius 2 is 2.14 bits per heavy atom. The standard InChI is InChI=1S/C14H16FN3O3/c15-9-1-2-12(18(20)21)11(7-9)17-13(19)10-8-14(10)3-5-16-6-4-14/h1-2,7,10,16H,3-6,8H2,(H,17,19). The fourth-order valence-electron chi connectivity index (χ4n) is 3.18. The molecule has 1 heterocycles. The van der Waals surface area contributed by atoms with E-state index >= 15 is 0 Å². The molecule has 3 rings (SSSR count). The maximum absolute atomic E-state index is 13.2. The van der Waals surface area contributed by atoms with Crippen molar-refractivity contribution in [2.24, 2.45) is 11.3 Å². The molecule has 1 amide bonds. The van der Waals surface area contributed by atoms with E-state index in [2.05, 4.69) is 10.6 Å². The zero-order valence-corrected chi connectivity index (χ0v) is 11.4. The molecular weight excluding hydrogens is 277 g/mol. The average molecular weight is 293 g/mol. The summed E-state index contributed by atoms with van der Waals surface area (Å²) in [5.74, 6) is -0.976. The van der Waals surface area contributed by atoms with Gasteiger partial charge in [-0.25, -0.2) is 4.39 Å². The third-order valence-electron chi connectivity index (χ3n) is 4.52. The van der Waals surface area contributed by atoms with Gasteiger partial charge in [-0.3, -0.25) is 14.9 Å². The zero-order valence-electron chi connectivity index (χ0n) is 11.4. The SMILES string of the molecule is O=C(Nc1cc(F)ccc1[N+](=O)[O-])C1CC12CCNCC2. The number of nitro benzene ring substituents is 1. The lowest BCUT2D eigenvalue weighted by molar-refractivity contribution is -0.384. The van der Waals surface area contributed by atoms with Gasteiger partial charge in [0.15, 0.2) is 0 Å². The van der Waals surface area contributed by atoms with Gasteiger partial charge >= 0.3 is 0 Å². The first-order valence-corrected chi connectivity index (χ1v) is 6.97. The van der Waals surface area contributed by atoms with Gasteiger partial charge in [0.1, 0.15) is 11.5 Å². The second-order valence-electron chi connectivity index (χ2n) is 5.78. The van der Waals surface area contributed by atoms with Crippen LogP contribution in [0.1, 0.15) is 19.3 Å². The Kier molecular flexibility index (Phi) is 3.36. The minimum Gasteiger partial charge on any atom is -0.320 e. The first-order chi connectivity index (χ1) is 10.0. The maximum Gasteiger partial charge on any atom is 0.292 e. The Balaban J connectivity index is 1.74. The number of rotatable bonds is 3. The van der Waals surface area contributed by atoms with Gasteiger partial charge in [0, 0.05) is 18.1 Å². The summed E-state index contributed by atoms with van der Waals surface area (Å²) in [5.41, 5.74) is -0.317. The van der Waals surface area contributed by atoms with E-state index in [1.165, 1.54) is 0 Å². The molecule has 2 fully saturated rings. The lowest BCUT2D eigenvalue weighted by Crippen LogP contribution is -2.31. The topological polar surface area (TPSA) is 84.3 Å². The molecular formula is C14H16FN3O3. The predicted octanol–water partition coefficient (Wildman–Crippen LogP) is 2.06. The lowest BCUT2D eigenvalue weighted by atomic mass is 9.92. The Morgan fingerprint density at radius 1 is 1.43 bits per heavy atom. The summed E-state index contributed by atoms with van der Waals surface area (Å²) in [6, 6.07) is 3.07. The van der Waals surface area contributed by atoms with Crippen LogP contribution in [0.4, 0.5) is 15.8 Å². The fraction of sp³-hybridized carbons (Fsp3) is 0.500. The molecule has 1 spiro atoms. The molecule has 2 aliphatic rings. The number of hydrogen-bond donors (Lipinski definition) is 2. The van der Waals surface area contributed by atoms with Crippen molar-refractivity contribution >= 4 is 17.3 Å². The van der Waals surface area contributed by atoms with Gasteiger partial charge in [0.2, 0.25) is 5.91 Å². The van der Waals surface area contributed by atoms with Crippen molar-refractivity contribution in [2.75, 3.05) is 18.4 Å². The molecule has 0 aromatic heterocycles. The summed E-state index contributed by atoms with van der Waals surface area (Å²) in [6.07, 6.45) is 2.69. The van der Waals surface area contributed by atoms with Crippen molar-refractivity contribution in [3.8, 4) is 0 Å². The highest BCUT2D eigenvalue weighted by molar-refractivity contribution is 5.97. The van der Waals surface area contributed by atoms with Crippen LogP contribution < -0.4 is 10.6 Å². The van der Waals surface area contributed by atoms with Crippen LogP contribution in [0.3, 0.4) is 0 Å². The molecule has 0 radical (unpaired) electrons. The number of piperidine rings is 1. The van der Waals surface area contributed by atoms with Gasteiger partial charge in [0.05, 0.1) is 4.92 Å². The second kappa shape index (κ2) is 5.07. The van der Waals surface area contributed by atoms with Gasteiger partial charge < -0.3 is 10.6 Å². The monoisotopic (exact) mass is 293 g/mol. The summed E-state index contributed by atoms with van der Waals surface area (Å²) in [4.78, 5) is 22.6. The van der Waals surface area contributed by atoms with Crippen molar-refractivity contribution in [2.45, 2.75) is 19.3 Å². The Morgan fingerprint density at radius 3 is 2.81 bits per heavy atom. The van der Waals surface area contributed by atoms with Crippen molar-refractivity contribution in [1.29, 1.82) is 0 Å². The Labute approximate surface area is 120 Å². The molecule has 1 aromatic rings.